The Kier molecular flexibility index (Phi) is 5.21. The van der Waals surface area contributed by atoms with Gasteiger partial charge in [-0.1, -0.05) is 46.3 Å². The van der Waals surface area contributed by atoms with Gasteiger partial charge in [-0.25, -0.2) is 4.79 Å². The zero-order valence-electron chi connectivity index (χ0n) is 13.2. The second kappa shape index (κ2) is 6.96. The topological polar surface area (TPSA) is 55.4 Å². The van der Waals surface area contributed by atoms with Crippen LogP contribution in [0, 0.1) is 5.41 Å². The molecule has 2 aromatic rings. The average Bonchev–Trinajstić information content (AvgIpc) is 2.51. The van der Waals surface area contributed by atoms with Gasteiger partial charge in [0.1, 0.15) is 0 Å². The molecule has 0 spiro atoms. The second-order valence-electron chi connectivity index (χ2n) is 6.13. The molecular weight excluding hydrogens is 358 g/mol. The molecule has 5 heteroatoms. The molecule has 2 rings (SSSR count). The van der Waals surface area contributed by atoms with Crippen LogP contribution in [0.5, 0.6) is 0 Å². The number of nitrogens with one attached hydrogen (secondary N) is 1. The summed E-state index contributed by atoms with van der Waals surface area (Å²) in [6, 6.07) is 14.8. The van der Waals surface area contributed by atoms with E-state index in [2.05, 4.69) is 21.4 Å². The molecule has 2 aromatic carbocycles. The van der Waals surface area contributed by atoms with Gasteiger partial charge >= 0.3 is 5.97 Å². The van der Waals surface area contributed by atoms with Crippen LogP contribution < -0.4 is 5.48 Å². The highest BCUT2D eigenvalue weighted by atomic mass is 79.9. The number of carbonyl (C=O) groups excluding carboxylic acids is 2. The van der Waals surface area contributed by atoms with Crippen LogP contribution in [0.4, 0.5) is 0 Å². The van der Waals surface area contributed by atoms with Gasteiger partial charge in [-0.2, -0.15) is 5.48 Å². The Bertz CT molecular complexity index is 735. The first-order chi connectivity index (χ1) is 10.8. The fourth-order valence-electron chi connectivity index (χ4n) is 1.89. The van der Waals surface area contributed by atoms with E-state index in [1.54, 1.807) is 32.9 Å². The number of amides is 1. The summed E-state index contributed by atoms with van der Waals surface area (Å²) >= 11 is 3.42. The molecule has 0 aromatic heterocycles. The molecule has 0 radical (unpaired) electrons. The van der Waals surface area contributed by atoms with E-state index >= 15 is 0 Å². The van der Waals surface area contributed by atoms with E-state index in [9.17, 15) is 9.59 Å². The number of carbonyl (C=O) groups is 2. The van der Waals surface area contributed by atoms with Crippen LogP contribution in [0.25, 0.3) is 11.1 Å². The van der Waals surface area contributed by atoms with Crippen LogP contribution >= 0.6 is 15.9 Å². The SMILES string of the molecule is CC(C)(C)C(=O)ONC(=O)c1ccccc1-c1cccc(Br)c1. The quantitative estimate of drug-likeness (QED) is 0.793. The Morgan fingerprint density at radius 3 is 2.39 bits per heavy atom. The smallest absolute Gasteiger partial charge is 0.337 e. The molecule has 0 aliphatic rings. The van der Waals surface area contributed by atoms with Crippen LogP contribution in [0.15, 0.2) is 53.0 Å². The molecule has 0 unspecified atom stereocenters. The lowest BCUT2D eigenvalue weighted by Crippen LogP contribution is -2.33. The minimum atomic E-state index is -0.683. The summed E-state index contributed by atoms with van der Waals surface area (Å²) in [6.45, 7) is 5.16. The highest BCUT2D eigenvalue weighted by Crippen LogP contribution is 2.26. The molecule has 0 aliphatic heterocycles. The molecule has 0 fully saturated rings. The minimum absolute atomic E-state index is 0.437. The minimum Gasteiger partial charge on any atom is -0.340 e. The molecule has 120 valence electrons. The zero-order valence-corrected chi connectivity index (χ0v) is 14.8. The monoisotopic (exact) mass is 375 g/mol. The molecule has 4 nitrogen and oxygen atoms in total. The largest absolute Gasteiger partial charge is 0.340 e. The number of hydroxylamine groups is 1. The average molecular weight is 376 g/mol. The Morgan fingerprint density at radius 1 is 1.04 bits per heavy atom. The van der Waals surface area contributed by atoms with Crippen LogP contribution in [-0.4, -0.2) is 11.9 Å². The second-order valence-corrected chi connectivity index (χ2v) is 7.04. The number of hydrogen-bond acceptors (Lipinski definition) is 3. The van der Waals surface area contributed by atoms with Crippen LogP contribution in [0.2, 0.25) is 0 Å². The van der Waals surface area contributed by atoms with Crippen molar-refractivity contribution in [3.05, 3.63) is 58.6 Å². The lowest BCUT2D eigenvalue weighted by molar-refractivity contribution is -0.158. The fourth-order valence-corrected chi connectivity index (χ4v) is 2.29. The van der Waals surface area contributed by atoms with Gasteiger partial charge in [0.05, 0.1) is 11.0 Å². The summed E-state index contributed by atoms with van der Waals surface area (Å²) in [7, 11) is 0. The van der Waals surface area contributed by atoms with Crippen molar-refractivity contribution in [1.29, 1.82) is 0 Å². The number of hydrogen-bond donors (Lipinski definition) is 1. The van der Waals surface area contributed by atoms with Gasteiger partial charge in [0.25, 0.3) is 5.91 Å². The van der Waals surface area contributed by atoms with E-state index in [1.807, 2.05) is 36.4 Å². The maximum atomic E-state index is 12.4. The van der Waals surface area contributed by atoms with Crippen molar-refractivity contribution in [2.45, 2.75) is 20.8 Å². The number of rotatable bonds is 2. The Labute approximate surface area is 143 Å². The van der Waals surface area contributed by atoms with E-state index < -0.39 is 17.3 Å². The lowest BCUT2D eigenvalue weighted by atomic mass is 9.98. The van der Waals surface area contributed by atoms with E-state index in [0.29, 0.717) is 5.56 Å². The van der Waals surface area contributed by atoms with Crippen molar-refractivity contribution in [2.24, 2.45) is 5.41 Å². The van der Waals surface area contributed by atoms with Gasteiger partial charge in [-0.15, -0.1) is 0 Å². The van der Waals surface area contributed by atoms with Crippen molar-refractivity contribution < 1.29 is 14.4 Å². The lowest BCUT2D eigenvalue weighted by Gasteiger charge is -2.16. The molecule has 0 bridgehead atoms. The van der Waals surface area contributed by atoms with Gasteiger partial charge in [-0.3, -0.25) is 4.79 Å². The van der Waals surface area contributed by atoms with Crippen molar-refractivity contribution >= 4 is 27.8 Å². The van der Waals surface area contributed by atoms with Crippen molar-refractivity contribution in [1.82, 2.24) is 5.48 Å². The third-order valence-corrected chi connectivity index (χ3v) is 3.65. The van der Waals surface area contributed by atoms with E-state index in [0.717, 1.165) is 15.6 Å². The van der Waals surface area contributed by atoms with E-state index in [4.69, 9.17) is 4.84 Å². The predicted octanol–water partition coefficient (Wildman–Crippen LogP) is 4.35. The maximum Gasteiger partial charge on any atom is 0.337 e. The van der Waals surface area contributed by atoms with Crippen LogP contribution in [0.1, 0.15) is 31.1 Å². The Morgan fingerprint density at radius 2 is 1.74 bits per heavy atom. The molecule has 23 heavy (non-hydrogen) atoms. The summed E-state index contributed by atoms with van der Waals surface area (Å²) in [5.74, 6) is -0.955. The van der Waals surface area contributed by atoms with Gasteiger partial charge in [0.2, 0.25) is 0 Å². The van der Waals surface area contributed by atoms with Crippen LogP contribution in [0.3, 0.4) is 0 Å². The van der Waals surface area contributed by atoms with Crippen molar-refractivity contribution in [3.8, 4) is 11.1 Å². The third kappa shape index (κ3) is 4.42. The molecule has 0 saturated heterocycles. The van der Waals surface area contributed by atoms with Gasteiger partial charge in [0.15, 0.2) is 0 Å². The molecule has 0 heterocycles. The standard InChI is InChI=1S/C18H18BrNO3/c1-18(2,3)17(22)23-20-16(21)15-10-5-4-9-14(15)12-7-6-8-13(19)11-12/h4-11H,1-3H3,(H,20,21). The molecule has 0 atom stereocenters. The molecular formula is C18H18BrNO3. The third-order valence-electron chi connectivity index (χ3n) is 3.16. The molecule has 1 N–H and O–H groups in total. The van der Waals surface area contributed by atoms with Gasteiger partial charge in [0, 0.05) is 4.47 Å². The van der Waals surface area contributed by atoms with E-state index in [1.165, 1.54) is 0 Å². The Hall–Kier alpha value is -2.14. The van der Waals surface area contributed by atoms with Gasteiger partial charge in [-0.05, 0) is 50.1 Å². The van der Waals surface area contributed by atoms with Crippen molar-refractivity contribution in [3.63, 3.8) is 0 Å². The Balaban J connectivity index is 2.24. The molecule has 1 amide bonds. The zero-order chi connectivity index (χ0) is 17.0. The first kappa shape index (κ1) is 17.2. The summed E-state index contributed by atoms with van der Waals surface area (Å²) in [6.07, 6.45) is 0. The molecule has 0 saturated carbocycles. The highest BCUT2D eigenvalue weighted by Gasteiger charge is 2.24. The highest BCUT2D eigenvalue weighted by molar-refractivity contribution is 9.10. The normalized spacial score (nSPS) is 11.0. The van der Waals surface area contributed by atoms with E-state index in [-0.39, 0.29) is 0 Å². The van der Waals surface area contributed by atoms with Crippen molar-refractivity contribution in [2.75, 3.05) is 0 Å². The van der Waals surface area contributed by atoms with Crippen LogP contribution in [-0.2, 0) is 9.63 Å². The maximum absolute atomic E-state index is 12.4. The summed E-state index contributed by atoms with van der Waals surface area (Å²) in [5, 5.41) is 0. The number of halogens is 1. The van der Waals surface area contributed by atoms with Gasteiger partial charge < -0.3 is 4.84 Å². The molecule has 0 aliphatic carbocycles. The predicted molar refractivity (Wildman–Crippen MR) is 92.6 cm³/mol. The first-order valence-electron chi connectivity index (χ1n) is 7.15. The fraction of sp³-hybridized carbons (Fsp3) is 0.222. The number of benzene rings is 2. The summed E-state index contributed by atoms with van der Waals surface area (Å²) in [4.78, 5) is 29.0. The summed E-state index contributed by atoms with van der Waals surface area (Å²) in [5.41, 5.74) is 3.64. The summed E-state index contributed by atoms with van der Waals surface area (Å²) < 4.78 is 0.921. The first-order valence-corrected chi connectivity index (χ1v) is 7.95.